The maximum Gasteiger partial charge on any atom is 0.258 e. The van der Waals surface area contributed by atoms with Crippen LogP contribution in [0.3, 0.4) is 0 Å². The minimum atomic E-state index is -0.121. The van der Waals surface area contributed by atoms with Gasteiger partial charge in [0.25, 0.3) is 5.91 Å². The zero-order chi connectivity index (χ0) is 21.3. The third kappa shape index (κ3) is 3.47. The molecule has 0 bridgehead atoms. The molecule has 1 aromatic heterocycles. The van der Waals surface area contributed by atoms with E-state index in [0.29, 0.717) is 29.4 Å². The number of para-hydroxylation sites is 2. The molecule has 1 aliphatic heterocycles. The molecule has 0 atom stereocenters. The fraction of sp³-hybridized carbons (Fsp3) is 0.273. The largest absolute Gasteiger partial charge is 0.493 e. The highest BCUT2D eigenvalue weighted by atomic mass is 32.2. The van der Waals surface area contributed by atoms with Crippen LogP contribution in [-0.4, -0.2) is 54.0 Å². The van der Waals surface area contributed by atoms with Crippen LogP contribution >= 0.6 is 11.8 Å². The van der Waals surface area contributed by atoms with Gasteiger partial charge in [-0.25, -0.2) is 4.98 Å². The minimum Gasteiger partial charge on any atom is -0.493 e. The fourth-order valence-electron chi connectivity index (χ4n) is 3.51. The van der Waals surface area contributed by atoms with Gasteiger partial charge >= 0.3 is 0 Å². The van der Waals surface area contributed by atoms with Gasteiger partial charge in [0.05, 0.1) is 37.4 Å². The third-order valence-electron chi connectivity index (χ3n) is 5.06. The fourth-order valence-corrected chi connectivity index (χ4v) is 4.52. The topological polar surface area (TPSA) is 65.8 Å². The lowest BCUT2D eigenvalue weighted by Crippen LogP contribution is -2.27. The number of benzene rings is 2. The average molecular weight is 426 g/mol. The van der Waals surface area contributed by atoms with Crippen molar-refractivity contribution in [2.75, 3.05) is 33.6 Å². The zero-order valence-electron chi connectivity index (χ0n) is 17.3. The molecule has 2 heterocycles. The molecule has 1 amide bonds. The van der Waals surface area contributed by atoms with Gasteiger partial charge in [-0.05, 0) is 24.3 Å². The lowest BCUT2D eigenvalue weighted by molar-refractivity contribution is 0.0830. The standard InChI is InChI=1S/C22H23N3O4S/c1-24-16-8-6-5-7-15(16)23-19(24)13-20-25(9-10-30-20)22(26)14-11-17(27-2)21(29-4)18(12-14)28-3/h5-8,11-13H,9-10H2,1-4H3/b20-13+. The van der Waals surface area contributed by atoms with E-state index in [-0.39, 0.29) is 5.91 Å². The van der Waals surface area contributed by atoms with Crippen molar-refractivity contribution in [3.63, 3.8) is 0 Å². The molecule has 0 spiro atoms. The summed E-state index contributed by atoms with van der Waals surface area (Å²) in [5.41, 5.74) is 2.45. The highest BCUT2D eigenvalue weighted by Crippen LogP contribution is 2.39. The van der Waals surface area contributed by atoms with E-state index in [1.807, 2.05) is 42.0 Å². The second kappa shape index (κ2) is 8.31. The highest BCUT2D eigenvalue weighted by Gasteiger charge is 2.28. The number of aromatic nitrogens is 2. The van der Waals surface area contributed by atoms with Crippen molar-refractivity contribution in [2.45, 2.75) is 0 Å². The number of imidazole rings is 1. The molecule has 4 rings (SSSR count). The Hall–Kier alpha value is -3.13. The van der Waals surface area contributed by atoms with Gasteiger partial charge in [-0.2, -0.15) is 0 Å². The molecule has 0 radical (unpaired) electrons. The summed E-state index contributed by atoms with van der Waals surface area (Å²) in [5.74, 6) is 2.88. The van der Waals surface area contributed by atoms with Crippen LogP contribution < -0.4 is 14.2 Å². The van der Waals surface area contributed by atoms with Gasteiger partial charge in [0.1, 0.15) is 5.82 Å². The first-order valence-corrected chi connectivity index (χ1v) is 10.4. The van der Waals surface area contributed by atoms with Crippen LogP contribution in [0.4, 0.5) is 0 Å². The number of fused-ring (bicyclic) bond motifs is 1. The number of methoxy groups -OCH3 is 3. The van der Waals surface area contributed by atoms with Crippen LogP contribution in [0.2, 0.25) is 0 Å². The lowest BCUT2D eigenvalue weighted by Gasteiger charge is -2.19. The summed E-state index contributed by atoms with van der Waals surface area (Å²) >= 11 is 1.64. The maximum absolute atomic E-state index is 13.3. The number of carbonyl (C=O) groups excluding carboxylic acids is 1. The molecule has 1 aliphatic rings. The predicted molar refractivity (Wildman–Crippen MR) is 118 cm³/mol. The lowest BCUT2D eigenvalue weighted by atomic mass is 10.1. The normalized spacial score (nSPS) is 15.1. The Kier molecular flexibility index (Phi) is 5.59. The van der Waals surface area contributed by atoms with Crippen LogP contribution in [0.15, 0.2) is 41.4 Å². The van der Waals surface area contributed by atoms with E-state index in [1.165, 1.54) is 21.3 Å². The Bertz CT molecular complexity index is 1110. The number of thioether (sulfide) groups is 1. The maximum atomic E-state index is 13.3. The molecule has 156 valence electrons. The number of hydrogen-bond acceptors (Lipinski definition) is 6. The molecule has 0 unspecified atom stereocenters. The summed E-state index contributed by atoms with van der Waals surface area (Å²) in [4.78, 5) is 19.8. The summed E-state index contributed by atoms with van der Waals surface area (Å²) in [6.45, 7) is 0.621. The molecule has 0 N–H and O–H groups in total. The van der Waals surface area contributed by atoms with E-state index in [2.05, 4.69) is 0 Å². The smallest absolute Gasteiger partial charge is 0.258 e. The molecule has 0 aliphatic carbocycles. The van der Waals surface area contributed by atoms with Crippen LogP contribution in [0, 0.1) is 0 Å². The Balaban J connectivity index is 1.70. The summed E-state index contributed by atoms with van der Waals surface area (Å²) in [6, 6.07) is 11.3. The molecule has 2 aromatic carbocycles. The van der Waals surface area contributed by atoms with Gasteiger partial charge in [0.2, 0.25) is 5.75 Å². The number of amides is 1. The van der Waals surface area contributed by atoms with Gasteiger partial charge in [0, 0.05) is 31.0 Å². The van der Waals surface area contributed by atoms with E-state index < -0.39 is 0 Å². The number of aryl methyl sites for hydroxylation is 1. The number of carbonyl (C=O) groups is 1. The predicted octanol–water partition coefficient (Wildman–Crippen LogP) is 3.79. The monoisotopic (exact) mass is 425 g/mol. The Morgan fingerprint density at radius 1 is 1.10 bits per heavy atom. The quantitative estimate of drug-likeness (QED) is 0.620. The molecule has 8 heteroatoms. The Morgan fingerprint density at radius 3 is 2.43 bits per heavy atom. The van der Waals surface area contributed by atoms with Crippen molar-refractivity contribution in [3.8, 4) is 17.2 Å². The first-order valence-electron chi connectivity index (χ1n) is 9.45. The molecular formula is C22H23N3O4S. The number of rotatable bonds is 5. The van der Waals surface area contributed by atoms with Crippen molar-refractivity contribution in [3.05, 3.63) is 52.8 Å². The summed E-state index contributed by atoms with van der Waals surface area (Å²) in [7, 11) is 6.59. The first kappa shape index (κ1) is 20.2. The first-order chi connectivity index (χ1) is 14.6. The zero-order valence-corrected chi connectivity index (χ0v) is 18.2. The molecule has 0 saturated carbocycles. The summed E-state index contributed by atoms with van der Waals surface area (Å²) < 4.78 is 18.2. The van der Waals surface area contributed by atoms with Crippen LogP contribution in [0.1, 0.15) is 16.2 Å². The van der Waals surface area contributed by atoms with Crippen molar-refractivity contribution in [1.29, 1.82) is 0 Å². The Labute approximate surface area is 179 Å². The molecule has 30 heavy (non-hydrogen) atoms. The number of ether oxygens (including phenoxy) is 3. The SMILES string of the molecule is COc1cc(C(=O)N2CCS/C2=C/c2nc3ccccc3n2C)cc(OC)c1OC. The van der Waals surface area contributed by atoms with E-state index in [0.717, 1.165) is 27.6 Å². The molecule has 3 aromatic rings. The van der Waals surface area contributed by atoms with Crippen molar-refractivity contribution in [2.24, 2.45) is 7.05 Å². The second-order valence-corrected chi connectivity index (χ2v) is 7.83. The van der Waals surface area contributed by atoms with E-state index in [1.54, 1.807) is 28.8 Å². The van der Waals surface area contributed by atoms with Gasteiger partial charge in [-0.3, -0.25) is 4.79 Å². The van der Waals surface area contributed by atoms with Gasteiger partial charge in [-0.1, -0.05) is 12.1 Å². The third-order valence-corrected chi connectivity index (χ3v) is 6.08. The van der Waals surface area contributed by atoms with Crippen LogP contribution in [0.25, 0.3) is 17.1 Å². The van der Waals surface area contributed by atoms with Crippen LogP contribution in [-0.2, 0) is 7.05 Å². The summed E-state index contributed by atoms with van der Waals surface area (Å²) in [6.07, 6.45) is 1.97. The molecule has 7 nitrogen and oxygen atoms in total. The van der Waals surface area contributed by atoms with Gasteiger partial charge in [0.15, 0.2) is 11.5 Å². The molecule has 1 fully saturated rings. The van der Waals surface area contributed by atoms with Gasteiger partial charge < -0.3 is 23.7 Å². The minimum absolute atomic E-state index is 0.121. The van der Waals surface area contributed by atoms with Crippen molar-refractivity contribution in [1.82, 2.24) is 14.5 Å². The van der Waals surface area contributed by atoms with Gasteiger partial charge in [-0.15, -0.1) is 11.8 Å². The van der Waals surface area contributed by atoms with Crippen LogP contribution in [0.5, 0.6) is 17.2 Å². The number of hydrogen-bond donors (Lipinski definition) is 0. The highest BCUT2D eigenvalue weighted by molar-refractivity contribution is 8.03. The van der Waals surface area contributed by atoms with Crippen molar-refractivity contribution < 1.29 is 19.0 Å². The second-order valence-electron chi connectivity index (χ2n) is 6.72. The molecule has 1 saturated heterocycles. The number of nitrogens with zero attached hydrogens (tertiary/aromatic N) is 3. The van der Waals surface area contributed by atoms with Crippen molar-refractivity contribution >= 4 is 34.8 Å². The average Bonchev–Trinajstić information content (AvgIpc) is 3.37. The molecular weight excluding hydrogens is 402 g/mol. The Morgan fingerprint density at radius 2 is 1.80 bits per heavy atom. The van der Waals surface area contributed by atoms with E-state index in [9.17, 15) is 4.79 Å². The summed E-state index contributed by atoms with van der Waals surface area (Å²) in [5, 5.41) is 0.868. The van der Waals surface area contributed by atoms with E-state index >= 15 is 0 Å². The van der Waals surface area contributed by atoms with E-state index in [4.69, 9.17) is 19.2 Å².